The van der Waals surface area contributed by atoms with Crippen molar-refractivity contribution in [2.75, 3.05) is 7.11 Å². The predicted molar refractivity (Wildman–Crippen MR) is 126 cm³/mol. The zero-order valence-corrected chi connectivity index (χ0v) is 19.5. The minimum absolute atomic E-state index is 0.0750. The summed E-state index contributed by atoms with van der Waals surface area (Å²) in [4.78, 5) is 23.0. The molecule has 0 bridgehead atoms. The first-order chi connectivity index (χ1) is 14.6. The third kappa shape index (κ3) is 13.6. The van der Waals surface area contributed by atoms with E-state index in [1.807, 2.05) is 0 Å². The van der Waals surface area contributed by atoms with Gasteiger partial charge in [-0.3, -0.25) is 9.59 Å². The van der Waals surface area contributed by atoms with E-state index in [1.165, 1.54) is 103 Å². The summed E-state index contributed by atoms with van der Waals surface area (Å²) in [5.41, 5.74) is 1.47. The molecule has 0 aliphatic heterocycles. The van der Waals surface area contributed by atoms with E-state index in [-0.39, 0.29) is 11.8 Å². The van der Waals surface area contributed by atoms with Gasteiger partial charge in [-0.2, -0.15) is 0 Å². The van der Waals surface area contributed by atoms with Crippen LogP contribution in [-0.4, -0.2) is 18.9 Å². The van der Waals surface area contributed by atoms with Crippen LogP contribution in [0.1, 0.15) is 109 Å². The van der Waals surface area contributed by atoms with E-state index in [0.717, 1.165) is 12.8 Å². The fraction of sp³-hybridized carbons (Fsp3) is 0.704. The van der Waals surface area contributed by atoms with E-state index >= 15 is 0 Å². The number of aryl methyl sites for hydroxylation is 1. The first kappa shape index (κ1) is 26.4. The topological polar surface area (TPSA) is 43.4 Å². The molecule has 1 rings (SSSR count). The molecule has 0 aliphatic carbocycles. The summed E-state index contributed by atoms with van der Waals surface area (Å²) >= 11 is 0. The van der Waals surface area contributed by atoms with E-state index < -0.39 is 5.92 Å². The number of unbranched alkanes of at least 4 members (excludes halogenated alkanes) is 13. The maximum atomic E-state index is 11.5. The molecular weight excluding hydrogens is 372 g/mol. The van der Waals surface area contributed by atoms with Gasteiger partial charge in [0.15, 0.2) is 0 Å². The maximum Gasteiger partial charge on any atom is 0.316 e. The van der Waals surface area contributed by atoms with E-state index in [2.05, 4.69) is 30.3 Å². The Hall–Kier alpha value is -1.64. The van der Waals surface area contributed by atoms with Crippen molar-refractivity contribution in [2.24, 2.45) is 5.92 Å². The number of benzene rings is 1. The molecular formula is C27H44O3. The summed E-state index contributed by atoms with van der Waals surface area (Å²) in [5, 5.41) is 0. The minimum atomic E-state index is -0.557. The summed E-state index contributed by atoms with van der Waals surface area (Å²) < 4.78 is 4.71. The average molecular weight is 417 g/mol. The number of carbonyl (C=O) groups is 2. The number of ether oxygens (including phenoxy) is 1. The fourth-order valence-electron chi connectivity index (χ4n) is 4.07. The van der Waals surface area contributed by atoms with Crippen molar-refractivity contribution in [2.45, 2.75) is 110 Å². The molecule has 0 fully saturated rings. The Labute approximate surface area is 185 Å². The Bertz CT molecular complexity index is 552. The smallest absolute Gasteiger partial charge is 0.316 e. The summed E-state index contributed by atoms with van der Waals surface area (Å²) in [6, 6.07) is 10.8. The molecule has 0 radical (unpaired) electrons. The fourth-order valence-corrected chi connectivity index (χ4v) is 4.07. The summed E-state index contributed by atoms with van der Waals surface area (Å²) in [5.74, 6) is -1.01. The molecule has 1 unspecified atom stereocenters. The maximum absolute atomic E-state index is 11.5. The molecule has 3 heteroatoms. The van der Waals surface area contributed by atoms with Crippen LogP contribution in [0.5, 0.6) is 0 Å². The number of methoxy groups -OCH3 is 1. The molecule has 0 N–H and O–H groups in total. The van der Waals surface area contributed by atoms with Crippen LogP contribution in [0, 0.1) is 5.92 Å². The van der Waals surface area contributed by atoms with Crippen LogP contribution < -0.4 is 0 Å². The third-order valence-electron chi connectivity index (χ3n) is 6.03. The largest absolute Gasteiger partial charge is 0.468 e. The van der Waals surface area contributed by atoms with Gasteiger partial charge in [0.1, 0.15) is 11.7 Å². The Morgan fingerprint density at radius 1 is 0.700 bits per heavy atom. The molecule has 0 spiro atoms. The summed E-state index contributed by atoms with van der Waals surface area (Å²) in [6.07, 6.45) is 20.0. The number of Topliss-reactive ketones (excluding diaryl/α,β-unsaturated/α-hetero) is 1. The second-order valence-corrected chi connectivity index (χ2v) is 8.66. The quantitative estimate of drug-likeness (QED) is 0.133. The van der Waals surface area contributed by atoms with Crippen molar-refractivity contribution in [3.8, 4) is 0 Å². The van der Waals surface area contributed by atoms with Gasteiger partial charge in [0.2, 0.25) is 0 Å². The van der Waals surface area contributed by atoms with Crippen molar-refractivity contribution in [3.05, 3.63) is 35.9 Å². The molecule has 0 heterocycles. The molecule has 1 aromatic carbocycles. The number of rotatable bonds is 19. The third-order valence-corrected chi connectivity index (χ3v) is 6.03. The van der Waals surface area contributed by atoms with Crippen LogP contribution >= 0.6 is 0 Å². The van der Waals surface area contributed by atoms with Crippen molar-refractivity contribution in [1.82, 2.24) is 0 Å². The number of esters is 1. The number of hydrogen-bond acceptors (Lipinski definition) is 3. The first-order valence-electron chi connectivity index (χ1n) is 12.3. The zero-order chi connectivity index (χ0) is 21.9. The van der Waals surface area contributed by atoms with Crippen LogP contribution in [0.4, 0.5) is 0 Å². The van der Waals surface area contributed by atoms with Gasteiger partial charge in [0.05, 0.1) is 7.11 Å². The van der Waals surface area contributed by atoms with Gasteiger partial charge >= 0.3 is 5.97 Å². The van der Waals surface area contributed by atoms with Crippen LogP contribution in [0.25, 0.3) is 0 Å². The summed E-state index contributed by atoms with van der Waals surface area (Å²) in [6.45, 7) is 1.48. The van der Waals surface area contributed by atoms with Gasteiger partial charge in [-0.1, -0.05) is 114 Å². The van der Waals surface area contributed by atoms with Gasteiger partial charge in [0, 0.05) is 0 Å². The Morgan fingerprint density at radius 2 is 1.13 bits per heavy atom. The zero-order valence-electron chi connectivity index (χ0n) is 19.5. The lowest BCUT2D eigenvalue weighted by Crippen LogP contribution is -2.23. The monoisotopic (exact) mass is 416 g/mol. The highest BCUT2D eigenvalue weighted by molar-refractivity contribution is 5.97. The van der Waals surface area contributed by atoms with Gasteiger partial charge in [-0.05, 0) is 31.7 Å². The van der Waals surface area contributed by atoms with E-state index in [1.54, 1.807) is 0 Å². The molecule has 1 aromatic rings. The summed E-state index contributed by atoms with van der Waals surface area (Å²) in [7, 11) is 1.35. The van der Waals surface area contributed by atoms with Gasteiger partial charge in [-0.25, -0.2) is 0 Å². The van der Waals surface area contributed by atoms with E-state index in [0.29, 0.717) is 6.42 Å². The molecule has 0 saturated heterocycles. The lowest BCUT2D eigenvalue weighted by Gasteiger charge is -2.10. The minimum Gasteiger partial charge on any atom is -0.468 e. The Kier molecular flexibility index (Phi) is 16.0. The standard InChI is InChI=1S/C27H44O3/c1-24(28)26(27(29)30-2)23-19-14-12-10-8-6-4-3-5-7-9-11-13-16-20-25-21-17-15-18-22-25/h15,17-18,21-22,26H,3-14,16,19-20,23H2,1-2H3. The van der Waals surface area contributed by atoms with Crippen molar-refractivity contribution < 1.29 is 14.3 Å². The highest BCUT2D eigenvalue weighted by Crippen LogP contribution is 2.16. The van der Waals surface area contributed by atoms with Gasteiger partial charge < -0.3 is 4.74 Å². The SMILES string of the molecule is COC(=O)C(CCCCCCCCCCCCCCCCc1ccccc1)C(C)=O. The lowest BCUT2D eigenvalue weighted by atomic mass is 9.97. The van der Waals surface area contributed by atoms with Crippen LogP contribution in [0.15, 0.2) is 30.3 Å². The second-order valence-electron chi connectivity index (χ2n) is 8.66. The lowest BCUT2D eigenvalue weighted by molar-refractivity contribution is -0.149. The molecule has 0 amide bonds. The van der Waals surface area contributed by atoms with Crippen LogP contribution in [0.3, 0.4) is 0 Å². The van der Waals surface area contributed by atoms with Crippen molar-refractivity contribution in [1.29, 1.82) is 0 Å². The molecule has 0 aromatic heterocycles. The molecule has 0 aliphatic rings. The first-order valence-corrected chi connectivity index (χ1v) is 12.3. The number of ketones is 1. The number of carbonyl (C=O) groups excluding carboxylic acids is 2. The van der Waals surface area contributed by atoms with E-state index in [4.69, 9.17) is 4.74 Å². The van der Waals surface area contributed by atoms with Crippen molar-refractivity contribution in [3.63, 3.8) is 0 Å². The highest BCUT2D eigenvalue weighted by atomic mass is 16.5. The Balaban J connectivity index is 1.80. The average Bonchev–Trinajstić information content (AvgIpc) is 2.76. The van der Waals surface area contributed by atoms with Gasteiger partial charge in [-0.15, -0.1) is 0 Å². The highest BCUT2D eigenvalue weighted by Gasteiger charge is 2.23. The number of hydrogen-bond donors (Lipinski definition) is 0. The molecule has 3 nitrogen and oxygen atoms in total. The van der Waals surface area contributed by atoms with Gasteiger partial charge in [0.25, 0.3) is 0 Å². The molecule has 1 atom stereocenters. The predicted octanol–water partition coefficient (Wildman–Crippen LogP) is 7.46. The second kappa shape index (κ2) is 18.2. The van der Waals surface area contributed by atoms with Crippen molar-refractivity contribution >= 4 is 11.8 Å². The van der Waals surface area contributed by atoms with E-state index in [9.17, 15) is 9.59 Å². The molecule has 0 saturated carbocycles. The normalized spacial score (nSPS) is 11.9. The Morgan fingerprint density at radius 3 is 1.57 bits per heavy atom. The van der Waals surface area contributed by atoms with Crippen LogP contribution in [0.2, 0.25) is 0 Å². The molecule has 30 heavy (non-hydrogen) atoms. The molecule has 170 valence electrons. The van der Waals surface area contributed by atoms with Crippen LogP contribution in [-0.2, 0) is 20.7 Å².